The summed E-state index contributed by atoms with van der Waals surface area (Å²) in [6.45, 7) is 1.56. The van der Waals surface area contributed by atoms with Crippen LogP contribution in [0.5, 0.6) is 0 Å². The summed E-state index contributed by atoms with van der Waals surface area (Å²) in [7, 11) is 0. The third-order valence-electron chi connectivity index (χ3n) is 3.19. The van der Waals surface area contributed by atoms with E-state index in [1.54, 1.807) is 37.3 Å². The Balaban J connectivity index is 2.28. The third-order valence-corrected chi connectivity index (χ3v) is 3.19. The fourth-order valence-electron chi connectivity index (χ4n) is 1.91. The normalized spacial score (nSPS) is 13.2. The first-order valence-electron chi connectivity index (χ1n) is 6.32. The summed E-state index contributed by atoms with van der Waals surface area (Å²) in [4.78, 5) is 22.7. The lowest BCUT2D eigenvalue weighted by atomic mass is 9.92. The highest BCUT2D eigenvalue weighted by molar-refractivity contribution is 5.99. The minimum Gasteiger partial charge on any atom is -0.318 e. The highest BCUT2D eigenvalue weighted by Gasteiger charge is 2.31. The van der Waals surface area contributed by atoms with Crippen molar-refractivity contribution in [3.63, 3.8) is 0 Å². The Hall–Kier alpha value is -2.73. The lowest BCUT2D eigenvalue weighted by Crippen LogP contribution is -2.45. The Bertz CT molecular complexity index is 669. The van der Waals surface area contributed by atoms with Crippen LogP contribution < -0.4 is 11.1 Å². The van der Waals surface area contributed by atoms with Crippen molar-refractivity contribution in [3.8, 4) is 0 Å². The summed E-state index contributed by atoms with van der Waals surface area (Å²) in [5.74, 6) is -0.511. The van der Waals surface area contributed by atoms with Gasteiger partial charge in [0, 0.05) is 6.07 Å². The fraction of sp³-hybridized carbons (Fsp3) is 0.133. The van der Waals surface area contributed by atoms with Gasteiger partial charge in [0.1, 0.15) is 11.2 Å². The van der Waals surface area contributed by atoms with Gasteiger partial charge < -0.3 is 11.1 Å². The number of nitrogens with one attached hydrogen (secondary N) is 1. The molecule has 0 aliphatic heterocycles. The second kappa shape index (κ2) is 5.72. The molecule has 1 unspecified atom stereocenters. The number of amides is 1. The van der Waals surface area contributed by atoms with E-state index in [9.17, 15) is 14.9 Å². The van der Waals surface area contributed by atoms with E-state index >= 15 is 0 Å². The zero-order chi connectivity index (χ0) is 15.5. The van der Waals surface area contributed by atoms with E-state index in [-0.39, 0.29) is 11.4 Å². The lowest BCUT2D eigenvalue weighted by molar-refractivity contribution is -0.383. The number of nitrogens with two attached hydrogens (primary N) is 1. The number of para-hydroxylation sites is 2. The van der Waals surface area contributed by atoms with Crippen LogP contribution in [0.1, 0.15) is 12.5 Å². The monoisotopic (exact) mass is 285 g/mol. The molecule has 0 aliphatic rings. The maximum absolute atomic E-state index is 12.4. The van der Waals surface area contributed by atoms with Crippen molar-refractivity contribution in [2.75, 3.05) is 5.32 Å². The maximum atomic E-state index is 12.4. The van der Waals surface area contributed by atoms with Gasteiger partial charge in [0.2, 0.25) is 5.91 Å². The van der Waals surface area contributed by atoms with Crippen molar-refractivity contribution in [2.24, 2.45) is 5.73 Å². The van der Waals surface area contributed by atoms with E-state index in [1.165, 1.54) is 18.2 Å². The molecule has 6 heteroatoms. The van der Waals surface area contributed by atoms with Gasteiger partial charge in [-0.05, 0) is 18.6 Å². The molecule has 0 radical (unpaired) electrons. The molecule has 21 heavy (non-hydrogen) atoms. The van der Waals surface area contributed by atoms with Crippen LogP contribution in [0, 0.1) is 10.1 Å². The SMILES string of the molecule is CC(N)(C(=O)Nc1ccccc1[N+](=O)[O-])c1ccccc1. The first-order chi connectivity index (χ1) is 9.93. The molecule has 0 saturated heterocycles. The molecular formula is C15H15N3O3. The second-order valence-corrected chi connectivity index (χ2v) is 4.80. The molecule has 0 aromatic heterocycles. The van der Waals surface area contributed by atoms with E-state index in [0.717, 1.165) is 0 Å². The van der Waals surface area contributed by atoms with Gasteiger partial charge in [0.05, 0.1) is 4.92 Å². The summed E-state index contributed by atoms with van der Waals surface area (Å²) in [6.07, 6.45) is 0. The lowest BCUT2D eigenvalue weighted by Gasteiger charge is -2.24. The van der Waals surface area contributed by atoms with Gasteiger partial charge in [-0.15, -0.1) is 0 Å². The molecule has 0 saturated carbocycles. The van der Waals surface area contributed by atoms with Gasteiger partial charge in [-0.1, -0.05) is 42.5 Å². The number of hydrogen-bond acceptors (Lipinski definition) is 4. The number of hydrogen-bond donors (Lipinski definition) is 2. The van der Waals surface area contributed by atoms with Gasteiger partial charge >= 0.3 is 0 Å². The molecule has 2 aromatic carbocycles. The Morgan fingerprint density at radius 2 is 1.71 bits per heavy atom. The van der Waals surface area contributed by atoms with Gasteiger partial charge in [-0.3, -0.25) is 14.9 Å². The van der Waals surface area contributed by atoms with Crippen LogP contribution in [0.25, 0.3) is 0 Å². The Morgan fingerprint density at radius 1 is 1.14 bits per heavy atom. The van der Waals surface area contributed by atoms with Crippen LogP contribution in [0.4, 0.5) is 11.4 Å². The molecule has 0 spiro atoms. The minimum atomic E-state index is -1.29. The molecular weight excluding hydrogens is 270 g/mol. The van der Waals surface area contributed by atoms with Gasteiger partial charge in [0.15, 0.2) is 0 Å². The summed E-state index contributed by atoms with van der Waals surface area (Å²) < 4.78 is 0. The molecule has 6 nitrogen and oxygen atoms in total. The number of anilines is 1. The van der Waals surface area contributed by atoms with Crippen molar-refractivity contribution in [3.05, 3.63) is 70.3 Å². The van der Waals surface area contributed by atoms with Crippen LogP contribution in [0.2, 0.25) is 0 Å². The molecule has 1 atom stereocenters. The third kappa shape index (κ3) is 3.06. The fourth-order valence-corrected chi connectivity index (χ4v) is 1.91. The van der Waals surface area contributed by atoms with Crippen LogP contribution in [0.15, 0.2) is 54.6 Å². The number of carbonyl (C=O) groups is 1. The van der Waals surface area contributed by atoms with Gasteiger partial charge in [0.25, 0.3) is 5.69 Å². The first-order valence-corrected chi connectivity index (χ1v) is 6.32. The van der Waals surface area contributed by atoms with Crippen molar-refractivity contribution in [2.45, 2.75) is 12.5 Å². The standard InChI is InChI=1S/C15H15N3O3/c1-15(16,11-7-3-2-4-8-11)14(19)17-12-9-5-6-10-13(12)18(20)21/h2-10H,16H2,1H3,(H,17,19). The summed E-state index contributed by atoms with van der Waals surface area (Å²) in [5, 5.41) is 13.5. The molecule has 0 aliphatic carbocycles. The van der Waals surface area contributed by atoms with E-state index in [2.05, 4.69) is 5.32 Å². The summed E-state index contributed by atoms with van der Waals surface area (Å²) >= 11 is 0. The predicted molar refractivity (Wildman–Crippen MR) is 79.7 cm³/mol. The topological polar surface area (TPSA) is 98.3 Å². The summed E-state index contributed by atoms with van der Waals surface area (Å²) in [6, 6.07) is 14.8. The highest BCUT2D eigenvalue weighted by Crippen LogP contribution is 2.26. The average Bonchev–Trinajstić information content (AvgIpc) is 2.48. The van der Waals surface area contributed by atoms with Crippen LogP contribution in [-0.4, -0.2) is 10.8 Å². The maximum Gasteiger partial charge on any atom is 0.292 e. The Labute approximate surface area is 121 Å². The molecule has 0 heterocycles. The molecule has 0 fully saturated rings. The number of nitro benzene ring substituents is 1. The van der Waals surface area contributed by atoms with E-state index in [4.69, 9.17) is 5.73 Å². The minimum absolute atomic E-state index is 0.125. The highest BCUT2D eigenvalue weighted by atomic mass is 16.6. The first kappa shape index (κ1) is 14.7. The van der Waals surface area contributed by atoms with Crippen LogP contribution >= 0.6 is 0 Å². The molecule has 1 amide bonds. The number of nitrogens with zero attached hydrogens (tertiary/aromatic N) is 1. The average molecular weight is 285 g/mol. The van der Waals surface area contributed by atoms with Gasteiger partial charge in [-0.25, -0.2) is 0 Å². The van der Waals surface area contributed by atoms with Gasteiger partial charge in [-0.2, -0.15) is 0 Å². The van der Waals surface area contributed by atoms with Crippen molar-refractivity contribution in [1.82, 2.24) is 0 Å². The Kier molecular flexibility index (Phi) is 4.00. The van der Waals surface area contributed by atoms with Crippen molar-refractivity contribution in [1.29, 1.82) is 0 Å². The van der Waals surface area contributed by atoms with E-state index < -0.39 is 16.4 Å². The number of carbonyl (C=O) groups excluding carboxylic acids is 1. The molecule has 2 aromatic rings. The molecule has 108 valence electrons. The number of nitro groups is 1. The molecule has 2 rings (SSSR count). The quantitative estimate of drug-likeness (QED) is 0.665. The van der Waals surface area contributed by atoms with Crippen LogP contribution in [0.3, 0.4) is 0 Å². The van der Waals surface area contributed by atoms with Crippen molar-refractivity contribution >= 4 is 17.3 Å². The zero-order valence-electron chi connectivity index (χ0n) is 11.4. The smallest absolute Gasteiger partial charge is 0.292 e. The van der Waals surface area contributed by atoms with E-state index in [0.29, 0.717) is 5.56 Å². The second-order valence-electron chi connectivity index (χ2n) is 4.80. The Morgan fingerprint density at radius 3 is 2.33 bits per heavy atom. The predicted octanol–water partition coefficient (Wildman–Crippen LogP) is 2.41. The van der Waals surface area contributed by atoms with E-state index in [1.807, 2.05) is 6.07 Å². The molecule has 0 bridgehead atoms. The summed E-state index contributed by atoms with van der Waals surface area (Å²) in [5.41, 5.74) is 5.37. The molecule has 3 N–H and O–H groups in total. The van der Waals surface area contributed by atoms with Crippen molar-refractivity contribution < 1.29 is 9.72 Å². The number of benzene rings is 2. The zero-order valence-corrected chi connectivity index (χ0v) is 11.4. The van der Waals surface area contributed by atoms with Crippen LogP contribution in [-0.2, 0) is 10.3 Å². The number of rotatable bonds is 4. The largest absolute Gasteiger partial charge is 0.318 e.